The van der Waals surface area contributed by atoms with Gasteiger partial charge in [-0.1, -0.05) is 67.5 Å². The van der Waals surface area contributed by atoms with Crippen molar-refractivity contribution < 1.29 is 19.1 Å². The quantitative estimate of drug-likeness (QED) is 0.279. The molecule has 168 valence electrons. The van der Waals surface area contributed by atoms with Gasteiger partial charge in [-0.15, -0.1) is 0 Å². The van der Waals surface area contributed by atoms with Crippen LogP contribution in [0.2, 0.25) is 0 Å². The van der Waals surface area contributed by atoms with Crippen LogP contribution in [0.25, 0.3) is 0 Å². The summed E-state index contributed by atoms with van der Waals surface area (Å²) in [6.07, 6.45) is 0. The van der Waals surface area contributed by atoms with Crippen molar-refractivity contribution in [3.05, 3.63) is 34.4 Å². The lowest BCUT2D eigenvalue weighted by molar-refractivity contribution is -0.162. The monoisotopic (exact) mass is 416 g/mol. The molecular weight excluding hydrogens is 376 g/mol. The van der Waals surface area contributed by atoms with Crippen molar-refractivity contribution in [1.82, 2.24) is 0 Å². The maximum atomic E-state index is 13.4. The van der Waals surface area contributed by atoms with Crippen molar-refractivity contribution in [3.63, 3.8) is 0 Å². The summed E-state index contributed by atoms with van der Waals surface area (Å²) >= 11 is 0. The minimum atomic E-state index is -0.753. The maximum Gasteiger partial charge on any atom is 0.309 e. The van der Waals surface area contributed by atoms with Gasteiger partial charge in [-0.3, -0.25) is 14.4 Å². The van der Waals surface area contributed by atoms with Crippen LogP contribution < -0.4 is 0 Å². The van der Waals surface area contributed by atoms with Crippen molar-refractivity contribution in [2.24, 2.45) is 11.8 Å². The van der Waals surface area contributed by atoms with Gasteiger partial charge in [0.15, 0.2) is 0 Å². The average Bonchev–Trinajstić information content (AvgIpc) is 2.62. The van der Waals surface area contributed by atoms with Crippen LogP contribution >= 0.6 is 0 Å². The van der Waals surface area contributed by atoms with Gasteiger partial charge in [0.1, 0.15) is 5.60 Å². The highest BCUT2D eigenvalue weighted by Gasteiger charge is 2.35. The van der Waals surface area contributed by atoms with Gasteiger partial charge in [-0.25, -0.2) is 0 Å². The van der Waals surface area contributed by atoms with Crippen molar-refractivity contribution in [3.8, 4) is 0 Å². The Kier molecular flexibility index (Phi) is 8.59. The van der Waals surface area contributed by atoms with E-state index in [-0.39, 0.29) is 11.8 Å². The van der Waals surface area contributed by atoms with Gasteiger partial charge in [0.25, 0.3) is 0 Å². The Bertz CT molecular complexity index is 765. The predicted molar refractivity (Wildman–Crippen MR) is 122 cm³/mol. The number of benzene rings is 1. The van der Waals surface area contributed by atoms with Crippen LogP contribution in [-0.2, 0) is 14.3 Å². The molecule has 0 amide bonds. The van der Waals surface area contributed by atoms with E-state index in [0.717, 1.165) is 11.1 Å². The van der Waals surface area contributed by atoms with Crippen LogP contribution in [-0.4, -0.2) is 23.1 Å². The molecule has 0 radical (unpaired) electrons. The Morgan fingerprint density at radius 1 is 0.733 bits per heavy atom. The lowest BCUT2D eigenvalue weighted by Crippen LogP contribution is -2.35. The topological polar surface area (TPSA) is 60.4 Å². The fourth-order valence-electron chi connectivity index (χ4n) is 3.37. The third-order valence-corrected chi connectivity index (χ3v) is 5.53. The van der Waals surface area contributed by atoms with E-state index in [4.69, 9.17) is 4.74 Å². The van der Waals surface area contributed by atoms with Gasteiger partial charge in [0.2, 0.25) is 11.6 Å². The summed E-state index contributed by atoms with van der Waals surface area (Å²) in [6.45, 7) is 21.1. The molecule has 0 aromatic heterocycles. The van der Waals surface area contributed by atoms with E-state index in [2.05, 4.69) is 26.0 Å². The molecule has 1 aromatic carbocycles. The first kappa shape index (κ1) is 26.1. The van der Waals surface area contributed by atoms with Gasteiger partial charge in [0, 0.05) is 11.5 Å². The molecule has 0 saturated carbocycles. The van der Waals surface area contributed by atoms with Gasteiger partial charge >= 0.3 is 5.97 Å². The van der Waals surface area contributed by atoms with Crippen LogP contribution in [0.3, 0.4) is 0 Å². The summed E-state index contributed by atoms with van der Waals surface area (Å²) in [7, 11) is 0. The summed E-state index contributed by atoms with van der Waals surface area (Å²) < 4.78 is 5.42. The maximum absolute atomic E-state index is 13.4. The molecule has 0 saturated heterocycles. The number of carbonyl (C=O) groups is 3. The minimum absolute atomic E-state index is 0.103. The van der Waals surface area contributed by atoms with Gasteiger partial charge in [-0.05, 0) is 55.2 Å². The normalized spacial score (nSPS) is 14.2. The van der Waals surface area contributed by atoms with Gasteiger partial charge in [0.05, 0.1) is 5.92 Å². The molecule has 0 spiro atoms. The number of hydrogen-bond acceptors (Lipinski definition) is 4. The molecule has 0 aliphatic heterocycles. The molecule has 4 heteroatoms. The third-order valence-electron chi connectivity index (χ3n) is 5.53. The number of ether oxygens (including phenoxy) is 1. The lowest BCUT2D eigenvalue weighted by atomic mass is 9.79. The number of rotatable bonds is 8. The van der Waals surface area contributed by atoms with Crippen LogP contribution in [0, 0.1) is 11.8 Å². The highest BCUT2D eigenvalue weighted by atomic mass is 16.6. The molecule has 1 aromatic rings. The summed E-state index contributed by atoms with van der Waals surface area (Å²) in [5, 5.41) is 0. The molecular formula is C26H40O4. The molecule has 0 fully saturated rings. The molecule has 2 unspecified atom stereocenters. The van der Waals surface area contributed by atoms with E-state index in [1.807, 2.05) is 27.7 Å². The Morgan fingerprint density at radius 3 is 1.50 bits per heavy atom. The van der Waals surface area contributed by atoms with E-state index in [0.29, 0.717) is 11.5 Å². The fourth-order valence-corrected chi connectivity index (χ4v) is 3.37. The second-order valence-electron chi connectivity index (χ2n) is 10.3. The predicted octanol–water partition coefficient (Wildman–Crippen LogP) is 6.42. The molecule has 0 aliphatic rings. The molecule has 1 rings (SSSR count). The first-order valence-corrected chi connectivity index (χ1v) is 11.1. The fraction of sp³-hybridized carbons (Fsp3) is 0.654. The summed E-state index contributed by atoms with van der Waals surface area (Å²) in [6, 6.07) is 4.12. The second-order valence-corrected chi connectivity index (χ2v) is 10.3. The summed E-state index contributed by atoms with van der Waals surface area (Å²) in [5.74, 6) is -2.41. The average molecular weight is 417 g/mol. The smallest absolute Gasteiger partial charge is 0.309 e. The van der Waals surface area contributed by atoms with Crippen molar-refractivity contribution >= 4 is 17.5 Å². The van der Waals surface area contributed by atoms with Crippen molar-refractivity contribution in [1.29, 1.82) is 0 Å². The molecule has 4 nitrogen and oxygen atoms in total. The minimum Gasteiger partial charge on any atom is -0.460 e. The van der Waals surface area contributed by atoms with Crippen molar-refractivity contribution in [2.45, 2.75) is 99.5 Å². The Balaban J connectivity index is 3.41. The number of esters is 1. The Hall–Kier alpha value is -1.97. The zero-order valence-corrected chi connectivity index (χ0v) is 20.7. The molecule has 30 heavy (non-hydrogen) atoms. The Morgan fingerprint density at radius 2 is 1.17 bits per heavy atom. The number of ketones is 2. The van der Waals surface area contributed by atoms with E-state index in [1.165, 1.54) is 5.56 Å². The summed E-state index contributed by atoms with van der Waals surface area (Å²) in [4.78, 5) is 39.0. The zero-order chi connectivity index (χ0) is 23.5. The van der Waals surface area contributed by atoms with Crippen LogP contribution in [0.15, 0.2) is 12.1 Å². The van der Waals surface area contributed by atoms with Crippen LogP contribution in [0.5, 0.6) is 0 Å². The number of Topliss-reactive ketones (excluding diaryl/α,β-unsaturated/α-hetero) is 2. The van der Waals surface area contributed by atoms with Gasteiger partial charge in [-0.2, -0.15) is 0 Å². The lowest BCUT2D eigenvalue weighted by Gasteiger charge is -2.25. The highest BCUT2D eigenvalue weighted by Crippen LogP contribution is 2.33. The molecule has 0 heterocycles. The van der Waals surface area contributed by atoms with Crippen molar-refractivity contribution in [2.75, 3.05) is 0 Å². The largest absolute Gasteiger partial charge is 0.460 e. The first-order chi connectivity index (χ1) is 13.6. The molecule has 0 N–H and O–H groups in total. The zero-order valence-electron chi connectivity index (χ0n) is 20.7. The third kappa shape index (κ3) is 6.26. The highest BCUT2D eigenvalue weighted by molar-refractivity contribution is 6.45. The van der Waals surface area contributed by atoms with Crippen LogP contribution in [0.4, 0.5) is 0 Å². The second kappa shape index (κ2) is 9.89. The van der Waals surface area contributed by atoms with E-state index in [1.54, 1.807) is 34.6 Å². The Labute approximate surface area is 182 Å². The molecule has 2 atom stereocenters. The SMILES string of the molecule is CC(C)c1cc(C(C)C)c(C(=O)C(=O)C(C)C(C)C(=O)OC(C)(C)C)c(C(C)C)c1. The number of hydrogen-bond donors (Lipinski definition) is 0. The van der Waals surface area contributed by atoms with Gasteiger partial charge < -0.3 is 4.74 Å². The first-order valence-electron chi connectivity index (χ1n) is 11.1. The van der Waals surface area contributed by atoms with Crippen LogP contribution in [0.1, 0.15) is 121 Å². The standard InChI is InChI=1S/C26H40O4/c1-14(2)19-12-20(15(3)4)22(21(13-19)16(5)6)24(28)23(27)17(7)18(8)25(29)30-26(9,10)11/h12-18H,1-11H3. The molecule has 0 aliphatic carbocycles. The van der Waals surface area contributed by atoms with E-state index >= 15 is 0 Å². The van der Waals surface area contributed by atoms with E-state index < -0.39 is 35.0 Å². The molecule has 0 bridgehead atoms. The number of carbonyl (C=O) groups excluding carboxylic acids is 3. The summed E-state index contributed by atoms with van der Waals surface area (Å²) in [5.41, 5.74) is 2.85. The van der Waals surface area contributed by atoms with E-state index in [9.17, 15) is 14.4 Å².